The Bertz CT molecular complexity index is 1180. The van der Waals surface area contributed by atoms with E-state index in [1.54, 1.807) is 4.90 Å². The molecule has 2 amide bonds. The van der Waals surface area contributed by atoms with Gasteiger partial charge in [0.15, 0.2) is 5.01 Å². The number of nitrogens with zero attached hydrogens (tertiary/aromatic N) is 3. The number of rotatable bonds is 7. The van der Waals surface area contributed by atoms with Crippen LogP contribution in [0.4, 0.5) is 27.8 Å². The summed E-state index contributed by atoms with van der Waals surface area (Å²) in [7, 11) is -1.02. The number of hydrogen-bond acceptors (Lipinski definition) is 7. The third-order valence-electron chi connectivity index (χ3n) is 5.83. The van der Waals surface area contributed by atoms with E-state index < -0.39 is 53.1 Å². The van der Waals surface area contributed by atoms with Crippen LogP contribution < -0.4 is 10.6 Å². The number of anilines is 1. The molecule has 2 aromatic rings. The van der Waals surface area contributed by atoms with Crippen LogP contribution in [0.5, 0.6) is 0 Å². The number of amides is 2. The lowest BCUT2D eigenvalue weighted by Gasteiger charge is -2.25. The zero-order valence-electron chi connectivity index (χ0n) is 18.9. The fourth-order valence-electron chi connectivity index (χ4n) is 3.97. The predicted molar refractivity (Wildman–Crippen MR) is 124 cm³/mol. The van der Waals surface area contributed by atoms with Gasteiger partial charge < -0.3 is 15.5 Å². The van der Waals surface area contributed by atoms with Crippen LogP contribution in [0.3, 0.4) is 0 Å². The molecule has 0 aliphatic carbocycles. The van der Waals surface area contributed by atoms with Gasteiger partial charge in [0.1, 0.15) is 18.1 Å². The molecule has 2 aliphatic heterocycles. The summed E-state index contributed by atoms with van der Waals surface area (Å²) >= 11 is 0.721. The third kappa shape index (κ3) is 5.82. The number of carbonyl (C=O) groups excluding carboxylic acids is 2. The van der Waals surface area contributed by atoms with Gasteiger partial charge in [-0.2, -0.15) is 13.2 Å². The first kappa shape index (κ1) is 26.4. The van der Waals surface area contributed by atoms with Crippen LogP contribution in [0.1, 0.15) is 52.0 Å². The summed E-state index contributed by atoms with van der Waals surface area (Å²) < 4.78 is 76.9. The third-order valence-corrected chi connectivity index (χ3v) is 8.47. The van der Waals surface area contributed by atoms with Crippen LogP contribution in [0.25, 0.3) is 10.4 Å². The summed E-state index contributed by atoms with van der Waals surface area (Å²) in [5.74, 6) is -1.01. The first-order valence-electron chi connectivity index (χ1n) is 11.0. The maximum Gasteiger partial charge on any atom is 0.405 e. The van der Waals surface area contributed by atoms with Crippen LogP contribution >= 0.6 is 11.3 Å². The van der Waals surface area contributed by atoms with Gasteiger partial charge in [-0.15, -0.1) is 11.3 Å². The van der Waals surface area contributed by atoms with E-state index in [1.165, 1.54) is 0 Å². The quantitative estimate of drug-likeness (QED) is 0.510. The van der Waals surface area contributed by atoms with Crippen molar-refractivity contribution in [3.8, 4) is 10.4 Å². The fourth-order valence-corrected chi connectivity index (χ4v) is 5.93. The van der Waals surface area contributed by atoms with Crippen LogP contribution in [-0.4, -0.2) is 73.7 Å². The van der Waals surface area contributed by atoms with Gasteiger partial charge >= 0.3 is 6.18 Å². The van der Waals surface area contributed by atoms with Crippen LogP contribution in [-0.2, 0) is 10.8 Å². The van der Waals surface area contributed by atoms with E-state index >= 15 is 0 Å². The molecule has 1 atom stereocenters. The molecule has 0 spiro atoms. The number of hydrogen-bond donors (Lipinski definition) is 2. The van der Waals surface area contributed by atoms with Crippen molar-refractivity contribution in [3.63, 3.8) is 0 Å². The number of pyridine rings is 1. The lowest BCUT2D eigenvalue weighted by atomic mass is 10.1. The van der Waals surface area contributed by atoms with Gasteiger partial charge in [0, 0.05) is 52.2 Å². The molecule has 15 heteroatoms. The molecule has 0 radical (unpaired) electrons. The molecule has 0 aromatic carbocycles. The molecule has 2 aliphatic rings. The Morgan fingerprint density at radius 3 is 2.61 bits per heavy atom. The lowest BCUT2D eigenvalue weighted by molar-refractivity contribution is -0.115. The zero-order chi connectivity index (χ0) is 26.2. The average molecular weight is 552 g/mol. The van der Waals surface area contributed by atoms with E-state index in [4.69, 9.17) is 0 Å². The number of nitrogens with one attached hydrogen (secondary N) is 2. The molecule has 0 saturated carbocycles. The summed E-state index contributed by atoms with van der Waals surface area (Å²) in [4.78, 5) is 35.6. The van der Waals surface area contributed by atoms with E-state index in [2.05, 4.69) is 15.3 Å². The highest BCUT2D eigenvalue weighted by Gasteiger charge is 2.34. The van der Waals surface area contributed by atoms with Crippen LogP contribution in [0, 0.1) is 0 Å². The summed E-state index contributed by atoms with van der Waals surface area (Å²) in [6, 6.07) is 0.360. The number of halogens is 5. The van der Waals surface area contributed by atoms with Gasteiger partial charge in [-0.1, -0.05) is 0 Å². The first-order valence-corrected chi connectivity index (χ1v) is 13.3. The molecule has 2 fully saturated rings. The zero-order valence-corrected chi connectivity index (χ0v) is 20.5. The van der Waals surface area contributed by atoms with E-state index in [9.17, 15) is 35.8 Å². The predicted octanol–water partition coefficient (Wildman–Crippen LogP) is 3.60. The van der Waals surface area contributed by atoms with Crippen molar-refractivity contribution in [2.75, 3.05) is 29.9 Å². The van der Waals surface area contributed by atoms with Gasteiger partial charge in [0.2, 0.25) is 0 Å². The maximum atomic E-state index is 14.0. The van der Waals surface area contributed by atoms with Crippen molar-refractivity contribution in [1.29, 1.82) is 0 Å². The second-order valence-corrected chi connectivity index (χ2v) is 11.1. The Morgan fingerprint density at radius 1 is 1.31 bits per heavy atom. The van der Waals surface area contributed by atoms with Crippen LogP contribution in [0.15, 0.2) is 12.3 Å². The van der Waals surface area contributed by atoms with Gasteiger partial charge in [0.05, 0.1) is 10.9 Å². The largest absolute Gasteiger partial charge is 0.405 e. The fraction of sp³-hybridized carbons (Fsp3) is 0.524. The van der Waals surface area contributed by atoms with Gasteiger partial charge in [0.25, 0.3) is 18.2 Å². The highest BCUT2D eigenvalue weighted by Crippen LogP contribution is 2.39. The summed E-state index contributed by atoms with van der Waals surface area (Å²) in [5, 5.41) is 4.48. The topological polar surface area (TPSA) is 104 Å². The molecular weight excluding hydrogens is 529 g/mol. The van der Waals surface area contributed by atoms with Crippen molar-refractivity contribution in [1.82, 2.24) is 20.2 Å². The number of aromatic nitrogens is 2. The Hall–Kier alpha value is -2.68. The standard InChI is InChI=1S/C21H22F5N5O3S2/c1-10-3-2-4-31(10)20(33)15-16(35-19(30-15)18(32)29-11-7-36(34)8-11)13-6-27-14(5-12(13)17(22)23)28-9-21(24,25)26/h5-6,10-11,17H,2-4,7-9H2,1H3,(H,27,28)(H,29,32). The highest BCUT2D eigenvalue weighted by molar-refractivity contribution is 7.86. The monoisotopic (exact) mass is 551 g/mol. The van der Waals surface area contributed by atoms with E-state index in [1.807, 2.05) is 12.2 Å². The number of thiazole rings is 1. The molecule has 2 aromatic heterocycles. The second kappa shape index (κ2) is 10.4. The molecule has 0 bridgehead atoms. The number of alkyl halides is 5. The smallest absolute Gasteiger partial charge is 0.361 e. The molecule has 36 heavy (non-hydrogen) atoms. The van der Waals surface area contributed by atoms with E-state index in [-0.39, 0.29) is 44.7 Å². The van der Waals surface area contributed by atoms with Gasteiger partial charge in [-0.3, -0.25) is 13.8 Å². The summed E-state index contributed by atoms with van der Waals surface area (Å²) in [6.07, 6.45) is -5.23. The highest BCUT2D eigenvalue weighted by atomic mass is 32.2. The van der Waals surface area contributed by atoms with Crippen molar-refractivity contribution >= 4 is 39.8 Å². The van der Waals surface area contributed by atoms with Crippen molar-refractivity contribution < 1.29 is 35.8 Å². The molecule has 2 saturated heterocycles. The minimum Gasteiger partial charge on any atom is -0.361 e. The van der Waals surface area contributed by atoms with Crippen molar-refractivity contribution in [3.05, 3.63) is 28.5 Å². The van der Waals surface area contributed by atoms with Gasteiger partial charge in [-0.25, -0.2) is 18.7 Å². The SMILES string of the molecule is CC1CCCN1C(=O)c1nc(C(=O)NC2CS(=O)C2)sc1-c1cnc(NCC(F)(F)F)cc1C(F)F. The first-order chi connectivity index (χ1) is 16.9. The summed E-state index contributed by atoms with van der Waals surface area (Å²) in [6.45, 7) is 0.816. The molecule has 4 rings (SSSR count). The lowest BCUT2D eigenvalue weighted by Crippen LogP contribution is -2.50. The van der Waals surface area contributed by atoms with Crippen LogP contribution in [0.2, 0.25) is 0 Å². The second-order valence-electron chi connectivity index (χ2n) is 8.56. The molecule has 1 unspecified atom stereocenters. The minimum atomic E-state index is -4.58. The van der Waals surface area contributed by atoms with Gasteiger partial charge in [-0.05, 0) is 25.8 Å². The van der Waals surface area contributed by atoms with E-state index in [0.29, 0.717) is 6.54 Å². The molecular formula is C21H22F5N5O3S2. The minimum absolute atomic E-state index is 0.0217. The summed E-state index contributed by atoms with van der Waals surface area (Å²) in [5.41, 5.74) is -1.04. The average Bonchev–Trinajstić information content (AvgIpc) is 3.42. The Kier molecular flexibility index (Phi) is 7.59. The Labute approximate surface area is 209 Å². The molecule has 4 heterocycles. The normalized spacial score (nSPS) is 22.0. The maximum absolute atomic E-state index is 14.0. The molecule has 2 N–H and O–H groups in total. The Balaban J connectivity index is 1.72. The number of carbonyl (C=O) groups is 2. The van der Waals surface area contributed by atoms with Crippen molar-refractivity contribution in [2.45, 2.75) is 44.5 Å². The van der Waals surface area contributed by atoms with Crippen molar-refractivity contribution in [2.24, 2.45) is 0 Å². The molecule has 8 nitrogen and oxygen atoms in total. The van der Waals surface area contributed by atoms with E-state index in [0.717, 1.165) is 36.4 Å². The Morgan fingerprint density at radius 2 is 2.03 bits per heavy atom. The molecule has 196 valence electrons. The number of likely N-dealkylation sites (tertiary alicyclic amines) is 1.